The summed E-state index contributed by atoms with van der Waals surface area (Å²) in [5.41, 5.74) is 0.751. The van der Waals surface area contributed by atoms with E-state index in [0.717, 1.165) is 0 Å². The van der Waals surface area contributed by atoms with Gasteiger partial charge in [0.15, 0.2) is 6.29 Å². The SMILES string of the molecule is O=Cc1c(O)ccc2oc(CCC(=O)N3CCOCC3)cc12. The van der Waals surface area contributed by atoms with Crippen molar-refractivity contribution < 1.29 is 23.8 Å². The lowest BCUT2D eigenvalue weighted by Crippen LogP contribution is -2.40. The molecule has 0 spiro atoms. The van der Waals surface area contributed by atoms with E-state index in [-0.39, 0.29) is 17.2 Å². The lowest BCUT2D eigenvalue weighted by Gasteiger charge is -2.26. The van der Waals surface area contributed by atoms with Crippen LogP contribution in [0.4, 0.5) is 0 Å². The van der Waals surface area contributed by atoms with Crippen molar-refractivity contribution in [1.29, 1.82) is 0 Å². The zero-order valence-corrected chi connectivity index (χ0v) is 12.1. The number of rotatable bonds is 4. The van der Waals surface area contributed by atoms with Gasteiger partial charge in [-0.25, -0.2) is 0 Å². The lowest BCUT2D eigenvalue weighted by atomic mass is 10.1. The molecule has 22 heavy (non-hydrogen) atoms. The third-order valence-electron chi connectivity index (χ3n) is 3.84. The molecule has 1 fully saturated rings. The minimum atomic E-state index is -0.0701. The maximum atomic E-state index is 12.1. The van der Waals surface area contributed by atoms with E-state index in [2.05, 4.69) is 0 Å². The third kappa shape index (κ3) is 2.82. The van der Waals surface area contributed by atoms with Gasteiger partial charge in [-0.2, -0.15) is 0 Å². The second kappa shape index (κ2) is 6.19. The number of carbonyl (C=O) groups excluding carboxylic acids is 2. The molecule has 116 valence electrons. The molecule has 1 aliphatic heterocycles. The standard InChI is InChI=1S/C16H17NO5/c18-10-13-12-9-11(22-15(12)3-2-14(13)19)1-4-16(20)17-5-7-21-8-6-17/h2-3,9-10,19H,1,4-8H2. The number of hydrogen-bond acceptors (Lipinski definition) is 5. The molecule has 1 aromatic carbocycles. The van der Waals surface area contributed by atoms with E-state index in [9.17, 15) is 14.7 Å². The van der Waals surface area contributed by atoms with Crippen molar-refractivity contribution in [3.63, 3.8) is 0 Å². The van der Waals surface area contributed by atoms with Crippen molar-refractivity contribution in [2.45, 2.75) is 12.8 Å². The maximum Gasteiger partial charge on any atom is 0.223 e. The van der Waals surface area contributed by atoms with E-state index >= 15 is 0 Å². The highest BCUT2D eigenvalue weighted by Gasteiger charge is 2.18. The highest BCUT2D eigenvalue weighted by atomic mass is 16.5. The van der Waals surface area contributed by atoms with Crippen molar-refractivity contribution in [2.75, 3.05) is 26.3 Å². The molecule has 2 aromatic rings. The fraction of sp³-hybridized carbons (Fsp3) is 0.375. The van der Waals surface area contributed by atoms with Gasteiger partial charge in [-0.15, -0.1) is 0 Å². The summed E-state index contributed by atoms with van der Waals surface area (Å²) < 4.78 is 10.9. The number of phenolic OH excluding ortho intramolecular Hbond substituents is 1. The van der Waals surface area contributed by atoms with E-state index in [1.165, 1.54) is 6.07 Å². The number of aromatic hydroxyl groups is 1. The summed E-state index contributed by atoms with van der Waals surface area (Å²) in [5.74, 6) is 0.631. The molecule has 0 bridgehead atoms. The Hall–Kier alpha value is -2.34. The molecule has 2 heterocycles. The quantitative estimate of drug-likeness (QED) is 0.870. The van der Waals surface area contributed by atoms with Crippen LogP contribution in [0.1, 0.15) is 22.5 Å². The average molecular weight is 303 g/mol. The number of fused-ring (bicyclic) bond motifs is 1. The largest absolute Gasteiger partial charge is 0.507 e. The normalized spacial score (nSPS) is 15.2. The number of phenols is 1. The molecule has 0 atom stereocenters. The van der Waals surface area contributed by atoms with E-state index in [1.54, 1.807) is 17.0 Å². The van der Waals surface area contributed by atoms with Crippen LogP contribution in [0.5, 0.6) is 5.75 Å². The smallest absolute Gasteiger partial charge is 0.223 e. The Morgan fingerprint density at radius 2 is 2.09 bits per heavy atom. The number of carbonyl (C=O) groups is 2. The van der Waals surface area contributed by atoms with Gasteiger partial charge in [0.2, 0.25) is 5.91 Å². The van der Waals surface area contributed by atoms with Gasteiger partial charge in [-0.05, 0) is 18.2 Å². The molecule has 1 N–H and O–H groups in total. The molecule has 0 unspecified atom stereocenters. The van der Waals surface area contributed by atoms with E-state index < -0.39 is 0 Å². The number of ether oxygens (including phenoxy) is 1. The highest BCUT2D eigenvalue weighted by molar-refractivity contribution is 5.99. The minimum absolute atomic E-state index is 0.0701. The molecule has 1 saturated heterocycles. The van der Waals surface area contributed by atoms with Gasteiger partial charge < -0.3 is 19.2 Å². The van der Waals surface area contributed by atoms with Crippen LogP contribution in [0.3, 0.4) is 0 Å². The van der Waals surface area contributed by atoms with Crippen molar-refractivity contribution in [3.8, 4) is 5.75 Å². The second-order valence-electron chi connectivity index (χ2n) is 5.23. The Balaban J connectivity index is 1.71. The van der Waals surface area contributed by atoms with E-state index in [1.807, 2.05) is 0 Å². The van der Waals surface area contributed by atoms with Crippen molar-refractivity contribution in [1.82, 2.24) is 4.90 Å². The molecule has 6 heteroatoms. The molecule has 0 radical (unpaired) electrons. The van der Waals surface area contributed by atoms with Gasteiger partial charge in [0.1, 0.15) is 17.1 Å². The molecular weight excluding hydrogens is 286 g/mol. The number of aldehydes is 1. The number of aryl methyl sites for hydroxylation is 1. The first-order chi connectivity index (χ1) is 10.7. The zero-order valence-electron chi connectivity index (χ0n) is 12.1. The van der Waals surface area contributed by atoms with Crippen LogP contribution in [-0.4, -0.2) is 48.5 Å². The van der Waals surface area contributed by atoms with E-state index in [4.69, 9.17) is 9.15 Å². The Kier molecular flexibility index (Phi) is 4.11. The first kappa shape index (κ1) is 14.6. The third-order valence-corrected chi connectivity index (χ3v) is 3.84. The molecule has 1 amide bonds. The number of nitrogens with zero attached hydrogens (tertiary/aromatic N) is 1. The van der Waals surface area contributed by atoms with Crippen LogP contribution in [0.15, 0.2) is 22.6 Å². The molecule has 6 nitrogen and oxygen atoms in total. The topological polar surface area (TPSA) is 80.0 Å². The van der Waals surface area contributed by atoms with Crippen LogP contribution in [-0.2, 0) is 16.0 Å². The average Bonchev–Trinajstić information content (AvgIpc) is 2.96. The van der Waals surface area contributed by atoms with Crippen LogP contribution < -0.4 is 0 Å². The maximum absolute atomic E-state index is 12.1. The van der Waals surface area contributed by atoms with Gasteiger partial charge in [0.05, 0.1) is 18.8 Å². The number of hydrogen-bond donors (Lipinski definition) is 1. The number of amides is 1. The number of benzene rings is 1. The fourth-order valence-corrected chi connectivity index (χ4v) is 2.62. The summed E-state index contributed by atoms with van der Waals surface area (Å²) in [6, 6.07) is 4.76. The summed E-state index contributed by atoms with van der Waals surface area (Å²) in [7, 11) is 0. The summed E-state index contributed by atoms with van der Waals surface area (Å²) in [4.78, 5) is 24.9. The van der Waals surface area contributed by atoms with Crippen LogP contribution in [0, 0.1) is 0 Å². The lowest BCUT2D eigenvalue weighted by molar-refractivity contribution is -0.135. The zero-order chi connectivity index (χ0) is 15.5. The van der Waals surface area contributed by atoms with Gasteiger partial charge in [-0.1, -0.05) is 0 Å². The molecule has 0 aliphatic carbocycles. The molecule has 1 aromatic heterocycles. The summed E-state index contributed by atoms with van der Waals surface area (Å²) in [6.07, 6.45) is 1.42. The monoisotopic (exact) mass is 303 g/mol. The summed E-state index contributed by atoms with van der Waals surface area (Å²) >= 11 is 0. The first-order valence-electron chi connectivity index (χ1n) is 7.24. The van der Waals surface area contributed by atoms with Crippen LogP contribution in [0.25, 0.3) is 11.0 Å². The fourth-order valence-electron chi connectivity index (χ4n) is 2.62. The highest BCUT2D eigenvalue weighted by Crippen LogP contribution is 2.29. The summed E-state index contributed by atoms with van der Waals surface area (Å²) in [6.45, 7) is 2.42. The molecule has 0 saturated carbocycles. The Labute approximate surface area is 127 Å². The van der Waals surface area contributed by atoms with Crippen LogP contribution >= 0.6 is 0 Å². The molecule has 1 aliphatic rings. The van der Waals surface area contributed by atoms with Gasteiger partial charge in [0, 0.05) is 31.3 Å². The summed E-state index contributed by atoms with van der Waals surface area (Å²) in [5, 5.41) is 10.2. The first-order valence-corrected chi connectivity index (χ1v) is 7.24. The van der Waals surface area contributed by atoms with Gasteiger partial charge in [0.25, 0.3) is 0 Å². The Morgan fingerprint density at radius 3 is 2.82 bits per heavy atom. The Bertz CT molecular complexity index is 700. The van der Waals surface area contributed by atoms with Crippen molar-refractivity contribution in [2.24, 2.45) is 0 Å². The van der Waals surface area contributed by atoms with Gasteiger partial charge in [-0.3, -0.25) is 9.59 Å². The predicted octanol–water partition coefficient (Wildman–Crippen LogP) is 1.74. The molecule has 3 rings (SSSR count). The minimum Gasteiger partial charge on any atom is -0.507 e. The Morgan fingerprint density at radius 1 is 1.32 bits per heavy atom. The predicted molar refractivity (Wildman–Crippen MR) is 79.0 cm³/mol. The number of furan rings is 1. The van der Waals surface area contributed by atoms with E-state index in [0.29, 0.717) is 62.2 Å². The number of morpholine rings is 1. The van der Waals surface area contributed by atoms with Crippen molar-refractivity contribution in [3.05, 3.63) is 29.5 Å². The second-order valence-corrected chi connectivity index (χ2v) is 5.23. The molecular formula is C16H17NO5. The van der Waals surface area contributed by atoms with Gasteiger partial charge >= 0.3 is 0 Å². The van der Waals surface area contributed by atoms with Crippen LogP contribution in [0.2, 0.25) is 0 Å². The van der Waals surface area contributed by atoms with Crippen molar-refractivity contribution >= 4 is 23.2 Å².